The molecule has 1 amide bonds. The van der Waals surface area contributed by atoms with Crippen LogP contribution in [0.1, 0.15) is 23.0 Å². The number of benzene rings is 1. The fourth-order valence-corrected chi connectivity index (χ4v) is 3.43. The van der Waals surface area contributed by atoms with Crippen molar-refractivity contribution in [2.45, 2.75) is 18.0 Å². The molecule has 24 heavy (non-hydrogen) atoms. The Labute approximate surface area is 139 Å². The van der Waals surface area contributed by atoms with Crippen molar-refractivity contribution in [2.24, 2.45) is 7.05 Å². The normalized spacial score (nSPS) is 19.7. The molecule has 126 valence electrons. The lowest BCUT2D eigenvalue weighted by Gasteiger charge is -2.07. The number of carbonyl (C=O) groups excluding carboxylic acids is 1. The molecule has 2 atom stereocenters. The maximum absolute atomic E-state index is 13.3. The highest BCUT2D eigenvalue weighted by Crippen LogP contribution is 2.23. The van der Waals surface area contributed by atoms with Gasteiger partial charge in [0.15, 0.2) is 16.7 Å². The maximum atomic E-state index is 13.3. The van der Waals surface area contributed by atoms with Gasteiger partial charge in [-0.25, -0.2) is 17.7 Å². The largest absolute Gasteiger partial charge is 0.321 e. The van der Waals surface area contributed by atoms with E-state index in [1.54, 1.807) is 19.2 Å². The number of fused-ring (bicyclic) bond motifs is 1. The Hall–Kier alpha value is -2.39. The van der Waals surface area contributed by atoms with Gasteiger partial charge in [0, 0.05) is 30.4 Å². The van der Waals surface area contributed by atoms with Gasteiger partial charge in [-0.05, 0) is 19.1 Å². The molecule has 2 heterocycles. The standard InChI is InChI=1S/C15H14F2N4O2S/c1-8-3-5-10-13(21(2)19-15(10)24(23)20-8)14(22)18-9-4-6-11(16)12(17)7-9/h3-8,20H,1-2H3,(H,18,22). The molecule has 2 unspecified atom stereocenters. The Morgan fingerprint density at radius 2 is 2.12 bits per heavy atom. The van der Waals surface area contributed by atoms with Gasteiger partial charge in [0.05, 0.1) is 0 Å². The highest BCUT2D eigenvalue weighted by molar-refractivity contribution is 7.83. The molecule has 6 nitrogen and oxygen atoms in total. The molecule has 1 aromatic heterocycles. The Bertz CT molecular complexity index is 879. The number of carbonyl (C=O) groups is 1. The topological polar surface area (TPSA) is 76.0 Å². The minimum Gasteiger partial charge on any atom is -0.321 e. The number of aryl methyl sites for hydroxylation is 1. The maximum Gasteiger partial charge on any atom is 0.274 e. The number of aromatic nitrogens is 2. The first-order valence-electron chi connectivity index (χ1n) is 7.06. The van der Waals surface area contributed by atoms with E-state index in [4.69, 9.17) is 0 Å². The SMILES string of the molecule is CC1C=Cc2c(nn(C)c2C(=O)Nc2ccc(F)c(F)c2)S(=O)N1. The third kappa shape index (κ3) is 3.00. The monoisotopic (exact) mass is 352 g/mol. The molecule has 3 rings (SSSR count). The van der Waals surface area contributed by atoms with Crippen LogP contribution in [0, 0.1) is 11.6 Å². The first kappa shape index (κ1) is 16.5. The lowest BCUT2D eigenvalue weighted by molar-refractivity contribution is 0.101. The predicted octanol–water partition coefficient (Wildman–Crippen LogP) is 1.98. The predicted molar refractivity (Wildman–Crippen MR) is 85.6 cm³/mol. The molecular weight excluding hydrogens is 338 g/mol. The molecule has 0 radical (unpaired) electrons. The molecule has 1 aliphatic rings. The van der Waals surface area contributed by atoms with E-state index in [0.717, 1.165) is 12.1 Å². The molecule has 2 aromatic rings. The van der Waals surface area contributed by atoms with Gasteiger partial charge < -0.3 is 5.32 Å². The summed E-state index contributed by atoms with van der Waals surface area (Å²) in [5, 5.41) is 6.86. The molecule has 0 bridgehead atoms. The average Bonchev–Trinajstić information content (AvgIpc) is 2.78. The second-order valence-electron chi connectivity index (χ2n) is 5.31. The zero-order valence-electron chi connectivity index (χ0n) is 12.8. The molecule has 0 fully saturated rings. The van der Waals surface area contributed by atoms with Crippen molar-refractivity contribution >= 4 is 28.7 Å². The van der Waals surface area contributed by atoms with Crippen molar-refractivity contribution in [3.8, 4) is 0 Å². The minimum atomic E-state index is -1.56. The van der Waals surface area contributed by atoms with Gasteiger partial charge in [0.1, 0.15) is 16.7 Å². The van der Waals surface area contributed by atoms with E-state index < -0.39 is 28.5 Å². The van der Waals surface area contributed by atoms with Gasteiger partial charge >= 0.3 is 0 Å². The number of nitrogens with zero attached hydrogens (tertiary/aromatic N) is 2. The number of nitrogens with one attached hydrogen (secondary N) is 2. The van der Waals surface area contributed by atoms with Crippen molar-refractivity contribution in [1.29, 1.82) is 0 Å². The van der Waals surface area contributed by atoms with Crippen LogP contribution in [0.25, 0.3) is 6.08 Å². The summed E-state index contributed by atoms with van der Waals surface area (Å²) >= 11 is 0. The summed E-state index contributed by atoms with van der Waals surface area (Å²) in [7, 11) is -0.0110. The summed E-state index contributed by atoms with van der Waals surface area (Å²) in [6, 6.07) is 2.92. The quantitative estimate of drug-likeness (QED) is 0.868. The number of anilines is 1. The van der Waals surface area contributed by atoms with Crippen molar-refractivity contribution < 1.29 is 17.8 Å². The highest BCUT2D eigenvalue weighted by atomic mass is 32.2. The van der Waals surface area contributed by atoms with E-state index in [-0.39, 0.29) is 22.4 Å². The number of halogens is 2. The van der Waals surface area contributed by atoms with E-state index >= 15 is 0 Å². The third-order valence-electron chi connectivity index (χ3n) is 3.46. The zero-order valence-corrected chi connectivity index (χ0v) is 13.7. The number of hydrogen-bond acceptors (Lipinski definition) is 3. The molecule has 1 aliphatic heterocycles. The second kappa shape index (κ2) is 6.25. The number of amides is 1. The Morgan fingerprint density at radius 3 is 2.83 bits per heavy atom. The summed E-state index contributed by atoms with van der Waals surface area (Å²) in [4.78, 5) is 12.5. The van der Waals surface area contributed by atoms with Gasteiger partial charge in [0.2, 0.25) is 0 Å². The van der Waals surface area contributed by atoms with Crippen LogP contribution in [0.4, 0.5) is 14.5 Å². The lowest BCUT2D eigenvalue weighted by Crippen LogP contribution is -2.25. The summed E-state index contributed by atoms with van der Waals surface area (Å²) < 4.78 is 42.6. The van der Waals surface area contributed by atoms with Crippen LogP contribution in [0.5, 0.6) is 0 Å². The van der Waals surface area contributed by atoms with Crippen LogP contribution in [0.2, 0.25) is 0 Å². The Kier molecular flexibility index (Phi) is 4.29. The zero-order chi connectivity index (χ0) is 17.4. The van der Waals surface area contributed by atoms with Gasteiger partial charge in [-0.3, -0.25) is 9.48 Å². The lowest BCUT2D eigenvalue weighted by atomic mass is 10.2. The van der Waals surface area contributed by atoms with Crippen molar-refractivity contribution in [3.63, 3.8) is 0 Å². The smallest absolute Gasteiger partial charge is 0.274 e. The summed E-state index contributed by atoms with van der Waals surface area (Å²) in [6.07, 6.45) is 3.44. The minimum absolute atomic E-state index is 0.110. The van der Waals surface area contributed by atoms with Crippen LogP contribution in [0.3, 0.4) is 0 Å². The van der Waals surface area contributed by atoms with Gasteiger partial charge in [-0.1, -0.05) is 12.2 Å². The van der Waals surface area contributed by atoms with Gasteiger partial charge in [-0.15, -0.1) is 0 Å². The fraction of sp³-hybridized carbons (Fsp3) is 0.200. The van der Waals surface area contributed by atoms with Gasteiger partial charge in [-0.2, -0.15) is 5.10 Å². The van der Waals surface area contributed by atoms with Crippen LogP contribution in [-0.4, -0.2) is 25.9 Å². The number of hydrogen-bond donors (Lipinski definition) is 2. The van der Waals surface area contributed by atoms with Gasteiger partial charge in [0.25, 0.3) is 5.91 Å². The van der Waals surface area contributed by atoms with Crippen molar-refractivity contribution in [1.82, 2.24) is 14.5 Å². The third-order valence-corrected chi connectivity index (χ3v) is 4.70. The van der Waals surface area contributed by atoms with E-state index in [1.165, 1.54) is 10.7 Å². The van der Waals surface area contributed by atoms with E-state index in [2.05, 4.69) is 15.1 Å². The molecule has 9 heteroatoms. The average molecular weight is 352 g/mol. The Balaban J connectivity index is 1.97. The molecule has 0 saturated carbocycles. The van der Waals surface area contributed by atoms with E-state index in [1.807, 2.05) is 6.92 Å². The van der Waals surface area contributed by atoms with E-state index in [0.29, 0.717) is 5.56 Å². The summed E-state index contributed by atoms with van der Waals surface area (Å²) in [5.41, 5.74) is 0.710. The fourth-order valence-electron chi connectivity index (χ4n) is 2.34. The van der Waals surface area contributed by atoms with Crippen LogP contribution in [-0.2, 0) is 18.0 Å². The first-order chi connectivity index (χ1) is 11.4. The second-order valence-corrected chi connectivity index (χ2v) is 6.47. The first-order valence-corrected chi connectivity index (χ1v) is 8.21. The molecule has 0 saturated heterocycles. The highest BCUT2D eigenvalue weighted by Gasteiger charge is 2.26. The Morgan fingerprint density at radius 1 is 1.38 bits per heavy atom. The summed E-state index contributed by atoms with van der Waals surface area (Å²) in [6.45, 7) is 1.82. The molecule has 2 N–H and O–H groups in total. The molecule has 1 aromatic carbocycles. The van der Waals surface area contributed by atoms with Crippen LogP contribution < -0.4 is 10.0 Å². The molecular formula is C15H14F2N4O2S. The summed E-state index contributed by atoms with van der Waals surface area (Å²) in [5.74, 6) is -2.62. The van der Waals surface area contributed by atoms with Crippen molar-refractivity contribution in [3.05, 3.63) is 47.2 Å². The van der Waals surface area contributed by atoms with Crippen LogP contribution in [0.15, 0.2) is 29.3 Å². The van der Waals surface area contributed by atoms with Crippen molar-refractivity contribution in [2.75, 3.05) is 5.32 Å². The van der Waals surface area contributed by atoms with E-state index in [9.17, 15) is 17.8 Å². The molecule has 0 spiro atoms. The van der Waals surface area contributed by atoms with Crippen LogP contribution >= 0.6 is 0 Å². The molecule has 0 aliphatic carbocycles. The number of rotatable bonds is 2.